The van der Waals surface area contributed by atoms with Crippen molar-refractivity contribution < 1.29 is 14.3 Å². The van der Waals surface area contributed by atoms with E-state index in [9.17, 15) is 10.0 Å². The van der Waals surface area contributed by atoms with E-state index in [4.69, 9.17) is 4.74 Å². The zero-order valence-electron chi connectivity index (χ0n) is 12.2. The second-order valence-electron chi connectivity index (χ2n) is 4.91. The van der Waals surface area contributed by atoms with Crippen molar-refractivity contribution in [1.29, 1.82) is 0 Å². The Morgan fingerprint density at radius 1 is 1.09 bits per heavy atom. The molecule has 0 unspecified atom stereocenters. The summed E-state index contributed by atoms with van der Waals surface area (Å²) < 4.78 is 5.80. The smallest absolute Gasteiger partial charge is 0.338 e. The molecule has 0 saturated carbocycles. The van der Waals surface area contributed by atoms with Crippen LogP contribution in [0.15, 0.2) is 60.8 Å². The molecule has 4 nitrogen and oxygen atoms in total. The van der Waals surface area contributed by atoms with E-state index in [1.807, 2.05) is 30.3 Å². The van der Waals surface area contributed by atoms with Gasteiger partial charge in [0.2, 0.25) is 5.69 Å². The minimum atomic E-state index is -0.359. The Kier molecular flexibility index (Phi) is 3.74. The van der Waals surface area contributed by atoms with Gasteiger partial charge in [-0.1, -0.05) is 18.2 Å². The number of nitrogens with zero attached hydrogens (tertiary/aromatic N) is 1. The van der Waals surface area contributed by atoms with Gasteiger partial charge in [0, 0.05) is 17.0 Å². The largest absolute Gasteiger partial charge is 0.618 e. The molecule has 0 amide bonds. The van der Waals surface area contributed by atoms with Crippen LogP contribution in [0.4, 0.5) is 0 Å². The van der Waals surface area contributed by atoms with Gasteiger partial charge in [0.15, 0.2) is 6.20 Å². The lowest BCUT2D eigenvalue weighted by atomic mass is 10.1. The van der Waals surface area contributed by atoms with Crippen LogP contribution in [-0.4, -0.2) is 12.6 Å². The molecule has 2 aromatic carbocycles. The predicted molar refractivity (Wildman–Crippen MR) is 84.3 cm³/mol. The number of esters is 1. The number of ether oxygens (including phenoxy) is 1. The summed E-state index contributed by atoms with van der Waals surface area (Å²) in [5.41, 5.74) is 1.78. The van der Waals surface area contributed by atoms with E-state index in [0.29, 0.717) is 17.9 Å². The third-order valence-corrected chi connectivity index (χ3v) is 3.47. The van der Waals surface area contributed by atoms with Gasteiger partial charge in [-0.25, -0.2) is 4.79 Å². The van der Waals surface area contributed by atoms with Crippen molar-refractivity contribution in [2.24, 2.45) is 0 Å². The second-order valence-corrected chi connectivity index (χ2v) is 4.91. The molecule has 0 bridgehead atoms. The maximum atomic E-state index is 12.2. The van der Waals surface area contributed by atoms with Gasteiger partial charge >= 0.3 is 5.97 Å². The van der Waals surface area contributed by atoms with Crippen LogP contribution in [0.5, 0.6) is 0 Å². The van der Waals surface area contributed by atoms with Crippen LogP contribution in [0.25, 0.3) is 22.0 Å². The number of benzene rings is 2. The van der Waals surface area contributed by atoms with E-state index < -0.39 is 0 Å². The van der Waals surface area contributed by atoms with Gasteiger partial charge in [0.25, 0.3) is 0 Å². The minimum Gasteiger partial charge on any atom is -0.618 e. The molecule has 22 heavy (non-hydrogen) atoms. The summed E-state index contributed by atoms with van der Waals surface area (Å²) >= 11 is 0. The molecule has 1 heterocycles. The van der Waals surface area contributed by atoms with Crippen LogP contribution >= 0.6 is 0 Å². The average molecular weight is 293 g/mol. The molecular weight excluding hydrogens is 278 g/mol. The lowest BCUT2D eigenvalue weighted by molar-refractivity contribution is -0.592. The fourth-order valence-corrected chi connectivity index (χ4v) is 2.37. The van der Waals surface area contributed by atoms with Crippen molar-refractivity contribution in [3.8, 4) is 11.3 Å². The Labute approximate surface area is 128 Å². The topological polar surface area (TPSA) is 53.2 Å². The molecule has 0 fully saturated rings. The van der Waals surface area contributed by atoms with Gasteiger partial charge in [-0.15, -0.1) is 0 Å². The quantitative estimate of drug-likeness (QED) is 0.423. The van der Waals surface area contributed by atoms with Crippen LogP contribution in [-0.2, 0) is 4.74 Å². The molecule has 4 heteroatoms. The summed E-state index contributed by atoms with van der Waals surface area (Å²) in [6.07, 6.45) is 1.56. The molecular formula is C18H15NO3. The first-order valence-electron chi connectivity index (χ1n) is 7.08. The van der Waals surface area contributed by atoms with Crippen molar-refractivity contribution in [1.82, 2.24) is 0 Å². The van der Waals surface area contributed by atoms with E-state index in [1.165, 1.54) is 0 Å². The number of carbonyl (C=O) groups is 1. The van der Waals surface area contributed by atoms with E-state index >= 15 is 0 Å². The fraction of sp³-hybridized carbons (Fsp3) is 0.111. The molecule has 0 saturated heterocycles. The van der Waals surface area contributed by atoms with Crippen molar-refractivity contribution in [2.45, 2.75) is 6.92 Å². The van der Waals surface area contributed by atoms with Crippen molar-refractivity contribution in [3.05, 3.63) is 71.6 Å². The van der Waals surface area contributed by atoms with E-state index in [-0.39, 0.29) is 5.97 Å². The van der Waals surface area contributed by atoms with Crippen molar-refractivity contribution in [2.75, 3.05) is 6.61 Å². The lowest BCUT2D eigenvalue weighted by Crippen LogP contribution is -2.28. The highest BCUT2D eigenvalue weighted by atomic mass is 16.5. The molecule has 0 radical (unpaired) electrons. The maximum Gasteiger partial charge on any atom is 0.338 e. The summed E-state index contributed by atoms with van der Waals surface area (Å²) in [6, 6.07) is 16.4. The fourth-order valence-electron chi connectivity index (χ4n) is 2.37. The molecule has 0 aliphatic heterocycles. The molecule has 110 valence electrons. The highest BCUT2D eigenvalue weighted by molar-refractivity contribution is 5.90. The van der Waals surface area contributed by atoms with Crippen molar-refractivity contribution in [3.63, 3.8) is 0 Å². The number of aromatic nitrogens is 1. The first-order valence-corrected chi connectivity index (χ1v) is 7.08. The van der Waals surface area contributed by atoms with Crippen LogP contribution in [0, 0.1) is 5.21 Å². The zero-order chi connectivity index (χ0) is 15.5. The monoisotopic (exact) mass is 293 g/mol. The third-order valence-electron chi connectivity index (χ3n) is 3.47. The van der Waals surface area contributed by atoms with Crippen LogP contribution in [0.3, 0.4) is 0 Å². The number of hydrogen-bond donors (Lipinski definition) is 0. The number of hydrogen-bond acceptors (Lipinski definition) is 3. The molecule has 1 aromatic heterocycles. The highest BCUT2D eigenvalue weighted by Crippen LogP contribution is 2.21. The zero-order valence-corrected chi connectivity index (χ0v) is 12.2. The van der Waals surface area contributed by atoms with Crippen LogP contribution < -0.4 is 4.73 Å². The summed E-state index contributed by atoms with van der Waals surface area (Å²) in [4.78, 5) is 11.6. The summed E-state index contributed by atoms with van der Waals surface area (Å²) in [5, 5.41) is 14.1. The minimum absolute atomic E-state index is 0.339. The average Bonchev–Trinajstić information content (AvgIpc) is 2.54. The molecule has 0 atom stereocenters. The highest BCUT2D eigenvalue weighted by Gasteiger charge is 2.12. The van der Waals surface area contributed by atoms with Crippen LogP contribution in [0.1, 0.15) is 17.3 Å². The van der Waals surface area contributed by atoms with Gasteiger partial charge in [-0.05, 0) is 42.6 Å². The molecule has 0 aliphatic rings. The summed E-state index contributed by atoms with van der Waals surface area (Å²) in [5.74, 6) is -0.359. The third kappa shape index (κ3) is 2.63. The van der Waals surface area contributed by atoms with Crippen molar-refractivity contribution >= 4 is 16.7 Å². The number of rotatable bonds is 3. The van der Waals surface area contributed by atoms with Crippen LogP contribution in [0.2, 0.25) is 0 Å². The Bertz CT molecular complexity index is 825. The van der Waals surface area contributed by atoms with Gasteiger partial charge < -0.3 is 9.94 Å². The molecule has 0 N–H and O–H groups in total. The van der Waals surface area contributed by atoms with Gasteiger partial charge in [0.05, 0.1) is 12.2 Å². The molecule has 0 aliphatic carbocycles. The second kappa shape index (κ2) is 5.85. The SMILES string of the molecule is CCOC(=O)c1ccc(-c2cc3ccccc3c[n+]2[O-])cc1. The maximum absolute atomic E-state index is 12.2. The first kappa shape index (κ1) is 14.1. The first-order chi connectivity index (χ1) is 10.7. The van der Waals surface area contributed by atoms with E-state index in [0.717, 1.165) is 21.1 Å². The normalized spacial score (nSPS) is 10.6. The van der Waals surface area contributed by atoms with Gasteiger partial charge in [-0.3, -0.25) is 0 Å². The number of fused-ring (bicyclic) bond motifs is 1. The Morgan fingerprint density at radius 3 is 2.45 bits per heavy atom. The Balaban J connectivity index is 2.00. The Hall–Kier alpha value is -2.88. The number of carbonyl (C=O) groups excluding carboxylic acids is 1. The lowest BCUT2D eigenvalue weighted by Gasteiger charge is -2.07. The predicted octanol–water partition coefficient (Wildman–Crippen LogP) is 3.32. The summed E-state index contributed by atoms with van der Waals surface area (Å²) in [7, 11) is 0. The molecule has 3 aromatic rings. The Morgan fingerprint density at radius 2 is 1.77 bits per heavy atom. The van der Waals surface area contributed by atoms with Gasteiger partial charge in [0.1, 0.15) is 0 Å². The molecule has 0 spiro atoms. The summed E-state index contributed by atoms with van der Waals surface area (Å²) in [6.45, 7) is 2.10. The van der Waals surface area contributed by atoms with Gasteiger partial charge in [-0.2, -0.15) is 4.73 Å². The van der Waals surface area contributed by atoms with E-state index in [2.05, 4.69) is 0 Å². The molecule has 3 rings (SSSR count). The standard InChI is InChI=1S/C18H15NO3/c1-2-22-18(20)14-9-7-13(8-10-14)17-11-15-5-3-4-6-16(15)12-19(17)21/h3-12H,2H2,1H3. The van der Waals surface area contributed by atoms with E-state index in [1.54, 1.807) is 37.4 Å². The number of pyridine rings is 1.